The molecule has 4 nitrogen and oxygen atoms in total. The Bertz CT molecular complexity index is 499. The van der Waals surface area contributed by atoms with E-state index < -0.39 is 0 Å². The zero-order valence-corrected chi connectivity index (χ0v) is 13.5. The molecule has 0 spiro atoms. The molecule has 2 atom stereocenters. The summed E-state index contributed by atoms with van der Waals surface area (Å²) >= 11 is 0. The summed E-state index contributed by atoms with van der Waals surface area (Å²) in [5.41, 5.74) is 1.04. The molecular weight excluding hydrogens is 262 g/mol. The van der Waals surface area contributed by atoms with Crippen molar-refractivity contribution in [2.75, 3.05) is 12.4 Å². The van der Waals surface area contributed by atoms with E-state index >= 15 is 0 Å². The molecule has 0 saturated heterocycles. The van der Waals surface area contributed by atoms with E-state index in [9.17, 15) is 0 Å². The van der Waals surface area contributed by atoms with E-state index in [2.05, 4.69) is 24.1 Å². The minimum atomic E-state index is 0.328. The highest BCUT2D eigenvalue weighted by Crippen LogP contribution is 2.40. The molecule has 4 heteroatoms. The van der Waals surface area contributed by atoms with Gasteiger partial charge in [-0.1, -0.05) is 19.8 Å². The van der Waals surface area contributed by atoms with Gasteiger partial charge in [-0.2, -0.15) is 4.98 Å². The van der Waals surface area contributed by atoms with Gasteiger partial charge in [-0.25, -0.2) is 4.98 Å². The summed E-state index contributed by atoms with van der Waals surface area (Å²) in [4.78, 5) is 9.35. The molecule has 0 aromatic carbocycles. The summed E-state index contributed by atoms with van der Waals surface area (Å²) in [7, 11) is 1.92. The molecule has 2 fully saturated rings. The molecule has 1 N–H and O–H groups in total. The summed E-state index contributed by atoms with van der Waals surface area (Å²) in [5, 5.41) is 3.18. The monoisotopic (exact) mass is 289 g/mol. The van der Waals surface area contributed by atoms with Crippen molar-refractivity contribution in [1.29, 1.82) is 0 Å². The maximum atomic E-state index is 6.29. The third kappa shape index (κ3) is 3.30. The summed E-state index contributed by atoms with van der Waals surface area (Å²) in [5.74, 6) is 4.05. The van der Waals surface area contributed by atoms with Gasteiger partial charge in [0.15, 0.2) is 0 Å². The quantitative estimate of drug-likeness (QED) is 0.888. The summed E-state index contributed by atoms with van der Waals surface area (Å²) < 4.78 is 6.29. The van der Waals surface area contributed by atoms with Gasteiger partial charge in [0.25, 0.3) is 0 Å². The third-order valence-corrected chi connectivity index (χ3v) is 4.89. The van der Waals surface area contributed by atoms with E-state index in [4.69, 9.17) is 9.72 Å². The zero-order chi connectivity index (χ0) is 14.8. The maximum Gasteiger partial charge on any atom is 0.222 e. The molecular formula is C17H27N3O. The molecule has 0 radical (unpaired) electrons. The average molecular weight is 289 g/mol. The normalized spacial score (nSPS) is 25.7. The zero-order valence-electron chi connectivity index (χ0n) is 13.5. The molecule has 1 aromatic heterocycles. The molecule has 0 bridgehead atoms. The Labute approximate surface area is 127 Å². The Morgan fingerprint density at radius 3 is 2.67 bits per heavy atom. The first-order valence-electron chi connectivity index (χ1n) is 8.44. The minimum Gasteiger partial charge on any atom is -0.474 e. The molecule has 0 aliphatic heterocycles. The van der Waals surface area contributed by atoms with Crippen molar-refractivity contribution in [2.24, 2.45) is 5.92 Å². The summed E-state index contributed by atoms with van der Waals surface area (Å²) in [6.45, 7) is 4.34. The van der Waals surface area contributed by atoms with E-state index in [1.54, 1.807) is 0 Å². The lowest BCUT2D eigenvalue weighted by Gasteiger charge is -2.29. The summed E-state index contributed by atoms with van der Waals surface area (Å²) in [6, 6.07) is 0. The second kappa shape index (κ2) is 6.20. The van der Waals surface area contributed by atoms with E-state index in [0.29, 0.717) is 12.0 Å². The van der Waals surface area contributed by atoms with Crippen molar-refractivity contribution in [1.82, 2.24) is 9.97 Å². The second-order valence-corrected chi connectivity index (χ2v) is 6.57. The number of anilines is 1. The minimum absolute atomic E-state index is 0.328. The average Bonchev–Trinajstić information content (AvgIpc) is 3.34. The van der Waals surface area contributed by atoms with Crippen LogP contribution in [0.5, 0.6) is 5.88 Å². The van der Waals surface area contributed by atoms with Crippen molar-refractivity contribution in [3.63, 3.8) is 0 Å². The van der Waals surface area contributed by atoms with Crippen LogP contribution in [0.4, 0.5) is 5.82 Å². The molecule has 1 heterocycles. The molecule has 2 saturated carbocycles. The van der Waals surface area contributed by atoms with Crippen LogP contribution >= 0.6 is 0 Å². The molecule has 3 rings (SSSR count). The molecule has 2 aliphatic carbocycles. The van der Waals surface area contributed by atoms with Crippen molar-refractivity contribution in [2.45, 2.75) is 70.8 Å². The van der Waals surface area contributed by atoms with Crippen LogP contribution in [0.1, 0.15) is 69.2 Å². The fourth-order valence-electron chi connectivity index (χ4n) is 3.27. The van der Waals surface area contributed by atoms with E-state index in [1.165, 1.54) is 38.5 Å². The number of hydrogen-bond donors (Lipinski definition) is 1. The van der Waals surface area contributed by atoms with Crippen LogP contribution in [0, 0.1) is 12.8 Å². The van der Waals surface area contributed by atoms with Gasteiger partial charge in [0.05, 0.1) is 5.56 Å². The SMILES string of the molecule is CCC1CCCC(Oc2nc(C3CC3)nc(NC)c2C)C1. The molecule has 2 aliphatic rings. The van der Waals surface area contributed by atoms with Crippen LogP contribution in [0.2, 0.25) is 0 Å². The predicted octanol–water partition coefficient (Wildman–Crippen LogP) is 4.05. The lowest BCUT2D eigenvalue weighted by atomic mass is 9.85. The van der Waals surface area contributed by atoms with Gasteiger partial charge in [0.2, 0.25) is 5.88 Å². The third-order valence-electron chi connectivity index (χ3n) is 4.89. The fourth-order valence-corrected chi connectivity index (χ4v) is 3.27. The van der Waals surface area contributed by atoms with E-state index in [0.717, 1.165) is 35.4 Å². The second-order valence-electron chi connectivity index (χ2n) is 6.57. The van der Waals surface area contributed by atoms with Crippen molar-refractivity contribution in [3.05, 3.63) is 11.4 Å². The van der Waals surface area contributed by atoms with Gasteiger partial charge in [-0.3, -0.25) is 0 Å². The largest absolute Gasteiger partial charge is 0.474 e. The van der Waals surface area contributed by atoms with Crippen LogP contribution in [-0.2, 0) is 0 Å². The number of aromatic nitrogens is 2. The number of ether oxygens (including phenoxy) is 1. The van der Waals surface area contributed by atoms with Gasteiger partial charge in [0, 0.05) is 13.0 Å². The standard InChI is InChI=1S/C17H27N3O/c1-4-12-6-5-7-14(10-12)21-17-11(2)15(18-3)19-16(20-17)13-8-9-13/h12-14H,4-10H2,1-3H3,(H,18,19,20). The van der Waals surface area contributed by atoms with Crippen molar-refractivity contribution >= 4 is 5.82 Å². The number of nitrogens with zero attached hydrogens (tertiary/aromatic N) is 2. The van der Waals surface area contributed by atoms with Crippen LogP contribution in [0.3, 0.4) is 0 Å². The van der Waals surface area contributed by atoms with E-state index in [1.807, 2.05) is 7.05 Å². The van der Waals surface area contributed by atoms with Crippen molar-refractivity contribution < 1.29 is 4.74 Å². The van der Waals surface area contributed by atoms with Gasteiger partial charge in [-0.05, 0) is 44.9 Å². The number of hydrogen-bond acceptors (Lipinski definition) is 4. The molecule has 0 amide bonds. The molecule has 2 unspecified atom stereocenters. The first kappa shape index (κ1) is 14.6. The van der Waals surface area contributed by atoms with Gasteiger partial charge in [0.1, 0.15) is 17.7 Å². The van der Waals surface area contributed by atoms with Crippen LogP contribution in [0.15, 0.2) is 0 Å². The first-order valence-corrected chi connectivity index (χ1v) is 8.44. The van der Waals surface area contributed by atoms with Gasteiger partial charge >= 0.3 is 0 Å². The maximum absolute atomic E-state index is 6.29. The lowest BCUT2D eigenvalue weighted by molar-refractivity contribution is 0.116. The number of rotatable bonds is 5. The molecule has 116 valence electrons. The lowest BCUT2D eigenvalue weighted by Crippen LogP contribution is -2.26. The van der Waals surface area contributed by atoms with Crippen LogP contribution in [-0.4, -0.2) is 23.1 Å². The van der Waals surface area contributed by atoms with Crippen LogP contribution in [0.25, 0.3) is 0 Å². The highest BCUT2D eigenvalue weighted by atomic mass is 16.5. The Morgan fingerprint density at radius 1 is 1.19 bits per heavy atom. The Kier molecular flexibility index (Phi) is 4.32. The highest BCUT2D eigenvalue weighted by molar-refractivity contribution is 5.48. The smallest absolute Gasteiger partial charge is 0.222 e. The first-order chi connectivity index (χ1) is 10.2. The summed E-state index contributed by atoms with van der Waals surface area (Å²) in [6.07, 6.45) is 8.99. The topological polar surface area (TPSA) is 47.0 Å². The van der Waals surface area contributed by atoms with E-state index in [-0.39, 0.29) is 0 Å². The Balaban J connectivity index is 1.78. The predicted molar refractivity (Wildman–Crippen MR) is 85.0 cm³/mol. The number of nitrogens with one attached hydrogen (secondary N) is 1. The highest BCUT2D eigenvalue weighted by Gasteiger charge is 2.29. The molecule has 21 heavy (non-hydrogen) atoms. The Morgan fingerprint density at radius 2 is 2.00 bits per heavy atom. The van der Waals surface area contributed by atoms with Gasteiger partial charge < -0.3 is 10.1 Å². The Hall–Kier alpha value is -1.32. The van der Waals surface area contributed by atoms with Gasteiger partial charge in [-0.15, -0.1) is 0 Å². The fraction of sp³-hybridized carbons (Fsp3) is 0.765. The van der Waals surface area contributed by atoms with Crippen LogP contribution < -0.4 is 10.1 Å². The van der Waals surface area contributed by atoms with Crippen molar-refractivity contribution in [3.8, 4) is 5.88 Å². The molecule has 1 aromatic rings.